The zero-order chi connectivity index (χ0) is 22.1. The molecule has 8 nitrogen and oxygen atoms in total. The predicted molar refractivity (Wildman–Crippen MR) is 109 cm³/mol. The summed E-state index contributed by atoms with van der Waals surface area (Å²) < 4.78 is 11.9. The van der Waals surface area contributed by atoms with Crippen LogP contribution in [0.5, 0.6) is 0 Å². The highest BCUT2D eigenvalue weighted by Crippen LogP contribution is 2.64. The fourth-order valence-corrected chi connectivity index (χ4v) is 5.92. The average Bonchev–Trinajstić information content (AvgIpc) is 3.30. The summed E-state index contributed by atoms with van der Waals surface area (Å²) in [6.45, 7) is 8.12. The third-order valence-corrected chi connectivity index (χ3v) is 7.14. The second kappa shape index (κ2) is 8.83. The average molecular weight is 425 g/mol. The summed E-state index contributed by atoms with van der Waals surface area (Å²) in [6, 6.07) is -0.818. The van der Waals surface area contributed by atoms with Gasteiger partial charge in [0.1, 0.15) is 17.6 Å². The van der Waals surface area contributed by atoms with E-state index in [1.807, 2.05) is 13.8 Å². The van der Waals surface area contributed by atoms with E-state index in [9.17, 15) is 19.5 Å². The molecule has 8 heteroatoms. The van der Waals surface area contributed by atoms with Crippen molar-refractivity contribution >= 4 is 17.8 Å². The number of ether oxygens (including phenoxy) is 2. The van der Waals surface area contributed by atoms with Crippen LogP contribution in [0.3, 0.4) is 0 Å². The lowest BCUT2D eigenvalue weighted by Crippen LogP contribution is -2.56. The lowest BCUT2D eigenvalue weighted by molar-refractivity contribution is -0.160. The second-order valence-corrected chi connectivity index (χ2v) is 8.89. The number of aliphatic hydroxyl groups excluding tert-OH is 1. The molecule has 0 aromatic carbocycles. The maximum Gasteiger partial charge on any atom is 0.312 e. The summed E-state index contributed by atoms with van der Waals surface area (Å²) in [6.07, 6.45) is 3.91. The highest BCUT2D eigenvalue weighted by Gasteiger charge is 2.78. The van der Waals surface area contributed by atoms with Gasteiger partial charge in [-0.25, -0.2) is 0 Å². The van der Waals surface area contributed by atoms with Gasteiger partial charge in [-0.1, -0.05) is 20.3 Å². The van der Waals surface area contributed by atoms with E-state index < -0.39 is 35.0 Å². The van der Waals surface area contributed by atoms with E-state index in [-0.39, 0.29) is 37.6 Å². The summed E-state index contributed by atoms with van der Waals surface area (Å²) in [5, 5.41) is 12.4. The Labute approximate surface area is 178 Å². The monoisotopic (exact) mass is 424 g/mol. The third-order valence-electron chi connectivity index (χ3n) is 7.14. The molecule has 3 saturated heterocycles. The molecule has 1 spiro atoms. The second-order valence-electron chi connectivity index (χ2n) is 8.89. The van der Waals surface area contributed by atoms with Gasteiger partial charge in [-0.05, 0) is 46.0 Å². The molecular formula is C22H36N2O6. The van der Waals surface area contributed by atoms with Crippen molar-refractivity contribution in [1.29, 1.82) is 0 Å². The van der Waals surface area contributed by atoms with E-state index in [1.165, 1.54) is 4.90 Å². The van der Waals surface area contributed by atoms with Gasteiger partial charge in [-0.2, -0.15) is 0 Å². The number of carbonyl (C=O) groups excluding carboxylic acids is 3. The molecule has 30 heavy (non-hydrogen) atoms. The number of esters is 1. The molecular weight excluding hydrogens is 388 g/mol. The molecule has 6 atom stereocenters. The van der Waals surface area contributed by atoms with Gasteiger partial charge >= 0.3 is 5.97 Å². The van der Waals surface area contributed by atoms with Crippen LogP contribution in [0.1, 0.15) is 66.2 Å². The molecule has 3 fully saturated rings. The largest absolute Gasteiger partial charge is 0.466 e. The third kappa shape index (κ3) is 3.42. The first kappa shape index (κ1) is 23.0. The van der Waals surface area contributed by atoms with E-state index in [2.05, 4.69) is 12.2 Å². The summed E-state index contributed by atoms with van der Waals surface area (Å²) in [7, 11) is 0. The van der Waals surface area contributed by atoms with Gasteiger partial charge in [0.15, 0.2) is 0 Å². The minimum absolute atomic E-state index is 0.0210. The van der Waals surface area contributed by atoms with E-state index in [1.54, 1.807) is 6.92 Å². The predicted octanol–water partition coefficient (Wildman–Crippen LogP) is 1.39. The first-order valence-corrected chi connectivity index (χ1v) is 11.4. The van der Waals surface area contributed by atoms with Crippen LogP contribution in [-0.2, 0) is 23.9 Å². The number of carbonyl (C=O) groups is 3. The summed E-state index contributed by atoms with van der Waals surface area (Å²) >= 11 is 0. The zero-order valence-electron chi connectivity index (χ0n) is 18.6. The van der Waals surface area contributed by atoms with Crippen molar-refractivity contribution in [2.75, 3.05) is 19.8 Å². The smallest absolute Gasteiger partial charge is 0.312 e. The number of fused-ring (bicyclic) bond motifs is 1. The highest BCUT2D eigenvalue weighted by atomic mass is 16.6. The van der Waals surface area contributed by atoms with Crippen molar-refractivity contribution in [1.82, 2.24) is 10.2 Å². The van der Waals surface area contributed by atoms with E-state index in [0.29, 0.717) is 25.7 Å². The van der Waals surface area contributed by atoms with Crippen molar-refractivity contribution in [2.24, 2.45) is 11.8 Å². The Kier molecular flexibility index (Phi) is 6.77. The molecule has 0 aromatic rings. The van der Waals surface area contributed by atoms with Crippen LogP contribution in [0.15, 0.2) is 0 Å². The summed E-state index contributed by atoms with van der Waals surface area (Å²) in [4.78, 5) is 41.4. The maximum atomic E-state index is 13.6. The molecule has 2 N–H and O–H groups in total. The van der Waals surface area contributed by atoms with Gasteiger partial charge in [0.2, 0.25) is 11.8 Å². The van der Waals surface area contributed by atoms with Gasteiger partial charge in [0, 0.05) is 19.2 Å². The fourth-order valence-electron chi connectivity index (χ4n) is 5.92. The molecule has 3 aliphatic rings. The Hall–Kier alpha value is -1.67. The maximum absolute atomic E-state index is 13.6. The number of nitrogens with one attached hydrogen (secondary N) is 1. The molecule has 0 saturated carbocycles. The lowest BCUT2D eigenvalue weighted by atomic mass is 9.65. The van der Waals surface area contributed by atoms with Crippen LogP contribution < -0.4 is 5.32 Å². The molecule has 170 valence electrons. The number of nitrogens with zero attached hydrogens (tertiary/aromatic N) is 1. The topological polar surface area (TPSA) is 105 Å². The van der Waals surface area contributed by atoms with E-state index in [4.69, 9.17) is 9.47 Å². The van der Waals surface area contributed by atoms with Gasteiger partial charge in [0.25, 0.3) is 0 Å². The molecule has 3 rings (SSSR count). The Morgan fingerprint density at radius 2 is 2.07 bits per heavy atom. The molecule has 2 bridgehead atoms. The normalized spacial score (nSPS) is 35.4. The van der Waals surface area contributed by atoms with Crippen LogP contribution in [0.2, 0.25) is 0 Å². The van der Waals surface area contributed by atoms with Crippen molar-refractivity contribution in [3.8, 4) is 0 Å². The van der Waals surface area contributed by atoms with Crippen molar-refractivity contribution in [2.45, 2.75) is 89.5 Å². The van der Waals surface area contributed by atoms with Gasteiger partial charge in [0.05, 0.1) is 18.1 Å². The van der Waals surface area contributed by atoms with Gasteiger partial charge < -0.3 is 24.8 Å². The van der Waals surface area contributed by atoms with E-state index >= 15 is 0 Å². The molecule has 0 aromatic heterocycles. The molecule has 3 unspecified atom stereocenters. The van der Waals surface area contributed by atoms with Gasteiger partial charge in [-0.15, -0.1) is 0 Å². The van der Waals surface area contributed by atoms with E-state index in [0.717, 1.165) is 12.8 Å². The fraction of sp³-hybridized carbons (Fsp3) is 0.864. The van der Waals surface area contributed by atoms with Crippen molar-refractivity contribution in [3.63, 3.8) is 0 Å². The summed E-state index contributed by atoms with van der Waals surface area (Å²) in [5.74, 6) is -2.31. The first-order valence-electron chi connectivity index (χ1n) is 11.4. The zero-order valence-corrected chi connectivity index (χ0v) is 18.6. The van der Waals surface area contributed by atoms with Crippen LogP contribution in [0.25, 0.3) is 0 Å². The van der Waals surface area contributed by atoms with Crippen LogP contribution in [0, 0.1) is 11.8 Å². The SMILES string of the molecule is CCCC(C)NC(=O)C1N(CCCO)C(=O)[C@@H]2[C@@H](C(=O)OCC)[C@@]3(CC)CCC12O3. The molecule has 2 amide bonds. The Morgan fingerprint density at radius 1 is 1.33 bits per heavy atom. The number of rotatable bonds is 10. The molecule has 0 radical (unpaired) electrons. The Morgan fingerprint density at radius 3 is 2.67 bits per heavy atom. The Bertz CT molecular complexity index is 685. The van der Waals surface area contributed by atoms with Gasteiger partial charge in [-0.3, -0.25) is 14.4 Å². The quantitative estimate of drug-likeness (QED) is 0.514. The minimum atomic E-state index is -1.02. The minimum Gasteiger partial charge on any atom is -0.466 e. The first-order chi connectivity index (χ1) is 14.3. The van der Waals surface area contributed by atoms with Crippen LogP contribution in [-0.4, -0.2) is 70.8 Å². The standard InChI is InChI=1S/C22H36N2O6/c1-5-9-14(4)23-18(26)17-22-11-10-21(6-2,30-22)16(20(28)29-7-3)15(22)19(27)24(17)12-8-13-25/h14-17,25H,5-13H2,1-4H3,(H,23,26)/t14?,15-,16-,17?,21+,22?/m0/s1. The number of hydrogen-bond donors (Lipinski definition) is 2. The number of hydrogen-bond acceptors (Lipinski definition) is 6. The number of aliphatic hydroxyl groups is 1. The molecule has 0 aliphatic carbocycles. The van der Waals surface area contributed by atoms with Crippen LogP contribution >= 0.6 is 0 Å². The van der Waals surface area contributed by atoms with Crippen molar-refractivity contribution in [3.05, 3.63) is 0 Å². The highest BCUT2D eigenvalue weighted by molar-refractivity contribution is 5.98. The lowest BCUT2D eigenvalue weighted by Gasteiger charge is -2.34. The number of likely N-dealkylation sites (tertiary alicyclic amines) is 1. The molecule has 3 heterocycles. The van der Waals surface area contributed by atoms with Crippen molar-refractivity contribution < 1.29 is 29.0 Å². The Balaban J connectivity index is 2.00. The molecule has 3 aliphatic heterocycles. The van der Waals surface area contributed by atoms with Crippen LogP contribution in [0.4, 0.5) is 0 Å². The summed E-state index contributed by atoms with van der Waals surface area (Å²) in [5.41, 5.74) is -1.78. The number of amides is 2.